The van der Waals surface area contributed by atoms with Crippen LogP contribution in [0, 0.1) is 40.4 Å². The molecule has 0 aromatic heterocycles. The van der Waals surface area contributed by atoms with Crippen molar-refractivity contribution in [1.29, 1.82) is 0 Å². The van der Waals surface area contributed by atoms with E-state index in [2.05, 4.69) is 33.8 Å². The van der Waals surface area contributed by atoms with Gasteiger partial charge in [0, 0.05) is 0 Å². The van der Waals surface area contributed by atoms with Crippen LogP contribution in [0.2, 0.25) is 0 Å². The van der Waals surface area contributed by atoms with Crippen molar-refractivity contribution < 1.29 is 14.6 Å². The van der Waals surface area contributed by atoms with Gasteiger partial charge in [-0.25, -0.2) is 0 Å². The second kappa shape index (κ2) is 9.80. The highest BCUT2D eigenvalue weighted by atomic mass is 16.5. The van der Waals surface area contributed by atoms with E-state index in [4.69, 9.17) is 9.84 Å². The highest BCUT2D eigenvalue weighted by Gasteiger charge is 2.58. The predicted molar refractivity (Wildman–Crippen MR) is 130 cm³/mol. The molecule has 0 heterocycles. The topological polar surface area (TPSA) is 46.5 Å². The van der Waals surface area contributed by atoms with Crippen LogP contribution in [0.4, 0.5) is 0 Å². The third-order valence-corrected chi connectivity index (χ3v) is 10.5. The minimum atomic E-state index is -0.759. The Kier molecular flexibility index (Phi) is 7.45. The van der Waals surface area contributed by atoms with Gasteiger partial charge in [0.25, 0.3) is 0 Å². The molecule has 0 aromatic rings. The summed E-state index contributed by atoms with van der Waals surface area (Å²) in [6, 6.07) is 0. The summed E-state index contributed by atoms with van der Waals surface area (Å²) >= 11 is 0. The number of carboxylic acids is 1. The first kappa shape index (κ1) is 24.3. The lowest BCUT2D eigenvalue weighted by Gasteiger charge is -2.58. The number of hydrogen-bond acceptors (Lipinski definition) is 2. The molecule has 0 spiro atoms. The molecule has 0 bridgehead atoms. The van der Waals surface area contributed by atoms with Gasteiger partial charge in [-0.3, -0.25) is 4.79 Å². The third kappa shape index (κ3) is 4.70. The fourth-order valence-corrected chi connectivity index (χ4v) is 8.61. The molecule has 1 N–H and O–H groups in total. The second-order valence-electron chi connectivity index (χ2n) is 12.6. The van der Waals surface area contributed by atoms with Gasteiger partial charge in [0.1, 0.15) is 0 Å². The van der Waals surface area contributed by atoms with Crippen molar-refractivity contribution in [3.63, 3.8) is 0 Å². The van der Waals surface area contributed by atoms with Gasteiger partial charge in [-0.2, -0.15) is 0 Å². The molecule has 4 aliphatic rings. The van der Waals surface area contributed by atoms with Gasteiger partial charge in [0.2, 0.25) is 0 Å². The maximum atomic E-state index is 10.8. The maximum absolute atomic E-state index is 10.8. The van der Waals surface area contributed by atoms with E-state index in [0.717, 1.165) is 42.4 Å². The van der Waals surface area contributed by atoms with Crippen LogP contribution in [0.1, 0.15) is 111 Å². The molecule has 3 heteroatoms. The summed E-state index contributed by atoms with van der Waals surface area (Å²) < 4.78 is 5.96. The molecular formula is C29H48O3. The van der Waals surface area contributed by atoms with Crippen LogP contribution in [0.5, 0.6) is 0 Å². The predicted octanol–water partition coefficient (Wildman–Crippen LogP) is 7.64. The number of aliphatic carboxylic acids is 1. The van der Waals surface area contributed by atoms with Crippen LogP contribution in [0.3, 0.4) is 0 Å². The van der Waals surface area contributed by atoms with Crippen molar-refractivity contribution in [2.75, 3.05) is 6.61 Å². The van der Waals surface area contributed by atoms with Crippen LogP contribution >= 0.6 is 0 Å². The Bertz CT molecular complexity index is 697. The molecule has 32 heavy (non-hydrogen) atoms. The number of fused-ring (bicyclic) bond motifs is 5. The van der Waals surface area contributed by atoms with Crippen LogP contribution in [-0.4, -0.2) is 23.8 Å². The van der Waals surface area contributed by atoms with E-state index in [1.807, 2.05) is 0 Å². The first-order chi connectivity index (χ1) is 15.2. The average Bonchev–Trinajstić information content (AvgIpc) is 3.07. The zero-order chi connectivity index (χ0) is 22.9. The fourth-order valence-electron chi connectivity index (χ4n) is 8.61. The number of hydrogen-bond donors (Lipinski definition) is 1. The normalized spacial score (nSPS) is 41.0. The molecule has 7 atom stereocenters. The van der Waals surface area contributed by atoms with E-state index in [9.17, 15) is 4.79 Å². The summed E-state index contributed by atoms with van der Waals surface area (Å²) in [6.45, 7) is 10.3. The Morgan fingerprint density at radius 2 is 1.94 bits per heavy atom. The highest BCUT2D eigenvalue weighted by molar-refractivity contribution is 5.66. The lowest BCUT2D eigenvalue weighted by molar-refractivity contribution is -0.139. The number of ether oxygens (including phenoxy) is 1. The molecule has 4 aliphatic carbocycles. The van der Waals surface area contributed by atoms with E-state index in [1.165, 1.54) is 64.2 Å². The summed E-state index contributed by atoms with van der Waals surface area (Å²) in [5.74, 6) is 3.70. The Morgan fingerprint density at radius 3 is 2.69 bits per heavy atom. The van der Waals surface area contributed by atoms with Crippen molar-refractivity contribution in [2.45, 2.75) is 117 Å². The minimum absolute atomic E-state index is 0.121. The molecule has 182 valence electrons. The van der Waals surface area contributed by atoms with E-state index in [0.29, 0.717) is 17.4 Å². The molecule has 3 nitrogen and oxygen atoms in total. The van der Waals surface area contributed by atoms with Crippen molar-refractivity contribution >= 4 is 5.97 Å². The van der Waals surface area contributed by atoms with Crippen molar-refractivity contribution in [1.82, 2.24) is 0 Å². The fraction of sp³-hybridized carbons (Fsp3) is 0.897. The lowest BCUT2D eigenvalue weighted by Crippen LogP contribution is -2.50. The number of carbonyl (C=O) groups is 1. The van der Waals surface area contributed by atoms with Gasteiger partial charge in [-0.15, -0.1) is 0 Å². The molecule has 3 fully saturated rings. The Hall–Kier alpha value is -0.830. The van der Waals surface area contributed by atoms with Gasteiger partial charge >= 0.3 is 5.97 Å². The van der Waals surface area contributed by atoms with E-state index < -0.39 is 5.97 Å². The standard InChI is InChI=1S/C29H48O3/c1-20(2)7-5-6-8-21-10-12-25-24-11-9-22-19-23(32-18-15-27(30)31)13-16-29(22,4)26(24)14-17-28(21,25)3/h9,20-21,23-26H,5-8,10-19H2,1-4H3,(H,30,31). The molecular weight excluding hydrogens is 396 g/mol. The Morgan fingerprint density at radius 1 is 1.12 bits per heavy atom. The average molecular weight is 445 g/mol. The molecule has 0 aromatic carbocycles. The lowest BCUT2D eigenvalue weighted by atomic mass is 9.47. The molecule has 0 saturated heterocycles. The number of rotatable bonds is 9. The number of carboxylic acid groups (broad SMARTS) is 1. The van der Waals surface area contributed by atoms with Crippen molar-refractivity contribution in [3.05, 3.63) is 11.6 Å². The van der Waals surface area contributed by atoms with Crippen LogP contribution < -0.4 is 0 Å². The van der Waals surface area contributed by atoms with Crippen molar-refractivity contribution in [2.24, 2.45) is 40.4 Å². The van der Waals surface area contributed by atoms with Crippen LogP contribution in [0.25, 0.3) is 0 Å². The van der Waals surface area contributed by atoms with Gasteiger partial charge in [0.05, 0.1) is 19.1 Å². The van der Waals surface area contributed by atoms with Crippen LogP contribution in [-0.2, 0) is 9.53 Å². The summed E-state index contributed by atoms with van der Waals surface area (Å²) in [7, 11) is 0. The first-order valence-corrected chi connectivity index (χ1v) is 13.8. The third-order valence-electron chi connectivity index (χ3n) is 10.5. The quantitative estimate of drug-likeness (QED) is 0.293. The monoisotopic (exact) mass is 444 g/mol. The van der Waals surface area contributed by atoms with Crippen LogP contribution in [0.15, 0.2) is 11.6 Å². The molecule has 4 rings (SSSR count). The van der Waals surface area contributed by atoms with E-state index >= 15 is 0 Å². The molecule has 3 saturated carbocycles. The Balaban J connectivity index is 1.39. The highest BCUT2D eigenvalue weighted by Crippen LogP contribution is 2.66. The molecule has 0 radical (unpaired) electrons. The smallest absolute Gasteiger partial charge is 0.305 e. The summed E-state index contributed by atoms with van der Waals surface area (Å²) in [6.07, 6.45) is 19.1. The van der Waals surface area contributed by atoms with Crippen molar-refractivity contribution in [3.8, 4) is 0 Å². The number of allylic oxidation sites excluding steroid dienone is 1. The second-order valence-corrected chi connectivity index (χ2v) is 12.6. The summed E-state index contributed by atoms with van der Waals surface area (Å²) in [5.41, 5.74) is 2.57. The summed E-state index contributed by atoms with van der Waals surface area (Å²) in [5, 5.41) is 8.91. The molecule has 0 aliphatic heterocycles. The Labute approximate surface area is 196 Å². The minimum Gasteiger partial charge on any atom is -0.481 e. The molecule has 7 unspecified atom stereocenters. The zero-order valence-corrected chi connectivity index (χ0v) is 21.2. The first-order valence-electron chi connectivity index (χ1n) is 13.8. The van der Waals surface area contributed by atoms with Gasteiger partial charge in [0.15, 0.2) is 0 Å². The van der Waals surface area contributed by atoms with Gasteiger partial charge in [-0.05, 0) is 98.2 Å². The van der Waals surface area contributed by atoms with Gasteiger partial charge < -0.3 is 9.84 Å². The maximum Gasteiger partial charge on any atom is 0.305 e. The molecule has 0 amide bonds. The van der Waals surface area contributed by atoms with Gasteiger partial charge in [-0.1, -0.05) is 58.6 Å². The summed E-state index contributed by atoms with van der Waals surface area (Å²) in [4.78, 5) is 10.8. The largest absolute Gasteiger partial charge is 0.481 e. The SMILES string of the molecule is CC(C)CCCCC1CCC2C3CC=C4CC(OCCC(=O)O)CCC4(C)C3CCC12C. The number of unbranched alkanes of at least 4 members (excludes halogenated alkanes) is 1. The zero-order valence-electron chi connectivity index (χ0n) is 21.2. The van der Waals surface area contributed by atoms with E-state index in [1.54, 1.807) is 5.57 Å². The van der Waals surface area contributed by atoms with E-state index in [-0.39, 0.29) is 12.5 Å².